The van der Waals surface area contributed by atoms with Crippen molar-refractivity contribution >= 4 is 12.0 Å². The molecule has 0 aliphatic carbocycles. The second-order valence-corrected chi connectivity index (χ2v) is 5.80. The summed E-state index contributed by atoms with van der Waals surface area (Å²) in [4.78, 5) is 12.1. The van der Waals surface area contributed by atoms with Gasteiger partial charge in [0.2, 0.25) is 0 Å². The fourth-order valence-electron chi connectivity index (χ4n) is 2.55. The number of hydrogen-bond donors (Lipinski definition) is 0. The summed E-state index contributed by atoms with van der Waals surface area (Å²) >= 11 is 0. The average molecular weight is 343 g/mol. The van der Waals surface area contributed by atoms with Gasteiger partial charge in [-0.25, -0.2) is 4.79 Å². The molecule has 25 heavy (non-hydrogen) atoms. The molecule has 0 bridgehead atoms. The van der Waals surface area contributed by atoms with Crippen molar-refractivity contribution < 1.29 is 18.8 Å². The van der Waals surface area contributed by atoms with Crippen LogP contribution in [-0.2, 0) is 14.3 Å². The van der Waals surface area contributed by atoms with Gasteiger partial charge in [-0.3, -0.25) is 4.57 Å². The lowest BCUT2D eigenvalue weighted by atomic mass is 10.1. The number of nitriles is 1. The van der Waals surface area contributed by atoms with E-state index in [0.29, 0.717) is 11.6 Å². The molecule has 0 aliphatic heterocycles. The van der Waals surface area contributed by atoms with Crippen molar-refractivity contribution in [3.63, 3.8) is 0 Å². The van der Waals surface area contributed by atoms with E-state index in [0.717, 1.165) is 17.0 Å². The molecular weight excluding hydrogens is 322 g/mol. The number of esters is 1. The normalized spacial score (nSPS) is 12.7. The monoisotopic (exact) mass is 343 g/mol. The summed E-state index contributed by atoms with van der Waals surface area (Å²) in [5.41, 5.74) is 2.43. The van der Waals surface area contributed by atoms with Gasteiger partial charge >= 0.3 is 5.97 Å². The Labute approximate surface area is 146 Å². The van der Waals surface area contributed by atoms with Gasteiger partial charge in [0.15, 0.2) is 5.82 Å². The summed E-state index contributed by atoms with van der Waals surface area (Å²) in [5.74, 6) is 0.684. The Balaban J connectivity index is 2.33. The maximum atomic E-state index is 12.1. The Morgan fingerprint density at radius 2 is 2.16 bits per heavy atom. The molecule has 7 heteroatoms. The van der Waals surface area contributed by atoms with Crippen LogP contribution in [0.4, 0.5) is 0 Å². The van der Waals surface area contributed by atoms with Crippen LogP contribution in [0.25, 0.3) is 11.9 Å². The highest BCUT2D eigenvalue weighted by molar-refractivity contribution is 5.98. The van der Waals surface area contributed by atoms with E-state index < -0.39 is 12.1 Å². The minimum Gasteiger partial charge on any atom is -0.456 e. The van der Waals surface area contributed by atoms with Crippen LogP contribution in [0.5, 0.6) is 0 Å². The Morgan fingerprint density at radius 3 is 2.72 bits per heavy atom. The molecule has 0 fully saturated rings. The summed E-state index contributed by atoms with van der Waals surface area (Å²) in [6.45, 7) is 7.59. The van der Waals surface area contributed by atoms with E-state index in [1.54, 1.807) is 6.92 Å². The molecule has 0 saturated heterocycles. The Bertz CT molecular complexity index is 839. The third-order valence-corrected chi connectivity index (χ3v) is 3.66. The summed E-state index contributed by atoms with van der Waals surface area (Å²) in [6.07, 6.45) is 1.09. The number of carbonyl (C=O) groups excluding carboxylic acids is 1. The van der Waals surface area contributed by atoms with E-state index in [4.69, 9.17) is 14.0 Å². The maximum Gasteiger partial charge on any atom is 0.349 e. The zero-order valence-electron chi connectivity index (χ0n) is 15.0. The Hall–Kier alpha value is -2.85. The second kappa shape index (κ2) is 7.81. The highest BCUT2D eigenvalue weighted by Gasteiger charge is 2.17. The fourth-order valence-corrected chi connectivity index (χ4v) is 2.55. The van der Waals surface area contributed by atoms with Crippen molar-refractivity contribution in [3.05, 3.63) is 40.4 Å². The molecule has 0 aromatic carbocycles. The van der Waals surface area contributed by atoms with E-state index in [1.165, 1.54) is 13.2 Å². The minimum absolute atomic E-state index is 0.0699. The molecule has 2 rings (SSSR count). The number of aryl methyl sites for hydroxylation is 2. The van der Waals surface area contributed by atoms with Gasteiger partial charge in [0.1, 0.15) is 23.5 Å². The van der Waals surface area contributed by atoms with Gasteiger partial charge in [-0.1, -0.05) is 5.16 Å². The van der Waals surface area contributed by atoms with Crippen molar-refractivity contribution in [2.45, 2.75) is 33.8 Å². The molecule has 0 unspecified atom stereocenters. The molecule has 0 amide bonds. The van der Waals surface area contributed by atoms with Crippen molar-refractivity contribution in [1.29, 1.82) is 5.26 Å². The summed E-state index contributed by atoms with van der Waals surface area (Å²) in [5, 5.41) is 13.3. The van der Waals surface area contributed by atoms with Crippen molar-refractivity contribution in [2.24, 2.45) is 0 Å². The van der Waals surface area contributed by atoms with Crippen LogP contribution in [0.15, 0.2) is 22.2 Å². The Kier molecular flexibility index (Phi) is 5.78. The van der Waals surface area contributed by atoms with Gasteiger partial charge in [0.25, 0.3) is 0 Å². The highest BCUT2D eigenvalue weighted by atomic mass is 16.6. The van der Waals surface area contributed by atoms with E-state index in [9.17, 15) is 10.1 Å². The average Bonchev–Trinajstić information content (AvgIpc) is 3.08. The van der Waals surface area contributed by atoms with Crippen LogP contribution < -0.4 is 0 Å². The van der Waals surface area contributed by atoms with Gasteiger partial charge in [-0.05, 0) is 45.4 Å². The largest absolute Gasteiger partial charge is 0.456 e. The first-order valence-electron chi connectivity index (χ1n) is 7.81. The Morgan fingerprint density at radius 1 is 1.44 bits per heavy atom. The molecule has 0 radical (unpaired) electrons. The van der Waals surface area contributed by atoms with Crippen LogP contribution in [0, 0.1) is 32.1 Å². The van der Waals surface area contributed by atoms with Crippen molar-refractivity contribution in [2.75, 3.05) is 13.7 Å². The number of nitrogens with zero attached hydrogens (tertiary/aromatic N) is 3. The van der Waals surface area contributed by atoms with Gasteiger partial charge in [0, 0.05) is 24.6 Å². The SMILES string of the molecule is COC[C@H](C)OC(=O)/C(C#N)=C/c1cc(C)n(-c2cc(C)on2)c1C. The summed E-state index contributed by atoms with van der Waals surface area (Å²) < 4.78 is 17.1. The summed E-state index contributed by atoms with van der Waals surface area (Å²) in [7, 11) is 1.52. The first kappa shape index (κ1) is 18.5. The minimum atomic E-state index is -0.672. The van der Waals surface area contributed by atoms with Crippen molar-refractivity contribution in [3.8, 4) is 11.9 Å². The predicted octanol–water partition coefficient (Wildman–Crippen LogP) is 2.88. The molecule has 2 heterocycles. The first-order valence-corrected chi connectivity index (χ1v) is 7.81. The number of ether oxygens (including phenoxy) is 2. The van der Waals surface area contributed by atoms with Gasteiger partial charge in [-0.2, -0.15) is 5.26 Å². The van der Waals surface area contributed by atoms with E-state index in [2.05, 4.69) is 5.16 Å². The lowest BCUT2D eigenvalue weighted by Crippen LogP contribution is -2.20. The van der Waals surface area contributed by atoms with E-state index in [-0.39, 0.29) is 12.2 Å². The zero-order valence-corrected chi connectivity index (χ0v) is 15.0. The standard InChI is InChI=1S/C18H21N3O4/c1-11-6-15(14(4)21(11)17-7-12(2)25-20-17)8-16(9-19)18(22)24-13(3)10-23-5/h6-8,13H,10H2,1-5H3/b16-8+/t13-/m0/s1. The van der Waals surface area contributed by atoms with Crippen LogP contribution in [0.2, 0.25) is 0 Å². The number of rotatable bonds is 6. The second-order valence-electron chi connectivity index (χ2n) is 5.80. The van der Waals surface area contributed by atoms with E-state index >= 15 is 0 Å². The lowest BCUT2D eigenvalue weighted by Gasteiger charge is -2.11. The molecule has 0 spiro atoms. The topological polar surface area (TPSA) is 90.3 Å². The number of aromatic nitrogens is 2. The van der Waals surface area contributed by atoms with E-state index in [1.807, 2.05) is 43.5 Å². The molecule has 2 aromatic heterocycles. The van der Waals surface area contributed by atoms with Gasteiger partial charge in [-0.15, -0.1) is 0 Å². The van der Waals surface area contributed by atoms with Crippen LogP contribution in [0.1, 0.15) is 29.6 Å². The first-order chi connectivity index (χ1) is 11.9. The molecule has 132 valence electrons. The zero-order chi connectivity index (χ0) is 18.6. The molecular formula is C18H21N3O4. The molecule has 1 atom stereocenters. The predicted molar refractivity (Wildman–Crippen MR) is 91.1 cm³/mol. The molecule has 0 N–H and O–H groups in total. The highest BCUT2D eigenvalue weighted by Crippen LogP contribution is 2.23. The number of carbonyl (C=O) groups is 1. The van der Waals surface area contributed by atoms with Crippen LogP contribution in [-0.4, -0.2) is 35.5 Å². The fraction of sp³-hybridized carbons (Fsp3) is 0.389. The number of hydrogen-bond acceptors (Lipinski definition) is 6. The molecule has 2 aromatic rings. The molecule has 0 saturated carbocycles. The van der Waals surface area contributed by atoms with Gasteiger partial charge in [0.05, 0.1) is 6.61 Å². The summed E-state index contributed by atoms with van der Waals surface area (Å²) in [6, 6.07) is 5.60. The van der Waals surface area contributed by atoms with Gasteiger partial charge < -0.3 is 14.0 Å². The van der Waals surface area contributed by atoms with Crippen LogP contribution >= 0.6 is 0 Å². The quantitative estimate of drug-likeness (QED) is 0.455. The molecule has 7 nitrogen and oxygen atoms in total. The van der Waals surface area contributed by atoms with Crippen LogP contribution in [0.3, 0.4) is 0 Å². The van der Waals surface area contributed by atoms with Crippen molar-refractivity contribution in [1.82, 2.24) is 9.72 Å². The smallest absolute Gasteiger partial charge is 0.349 e. The maximum absolute atomic E-state index is 12.1. The third-order valence-electron chi connectivity index (χ3n) is 3.66. The molecule has 0 aliphatic rings. The number of methoxy groups -OCH3 is 1. The third kappa shape index (κ3) is 4.17. The lowest BCUT2D eigenvalue weighted by molar-refractivity contribution is -0.145.